The quantitative estimate of drug-likeness (QED) is 0.840. The largest absolute Gasteiger partial charge is 0.481 e. The Morgan fingerprint density at radius 1 is 1.37 bits per heavy atom. The molecule has 108 valence electrons. The molecule has 0 spiro atoms. The van der Waals surface area contributed by atoms with Crippen LogP contribution in [0.15, 0.2) is 0 Å². The van der Waals surface area contributed by atoms with E-state index in [9.17, 15) is 9.59 Å². The van der Waals surface area contributed by atoms with Crippen LogP contribution in [0.25, 0.3) is 0 Å². The number of aliphatic carboxylic acids is 1. The Kier molecular flexibility index (Phi) is 3.85. The predicted octanol–water partition coefficient (Wildman–Crippen LogP) is 1.37. The molecule has 19 heavy (non-hydrogen) atoms. The molecule has 5 nitrogen and oxygen atoms in total. The van der Waals surface area contributed by atoms with Gasteiger partial charge in [0.2, 0.25) is 5.91 Å². The van der Waals surface area contributed by atoms with Gasteiger partial charge in [0.1, 0.15) is 0 Å². The van der Waals surface area contributed by atoms with Gasteiger partial charge in [-0.15, -0.1) is 0 Å². The Labute approximate surface area is 113 Å². The van der Waals surface area contributed by atoms with E-state index in [4.69, 9.17) is 9.84 Å². The van der Waals surface area contributed by atoms with Crippen molar-refractivity contribution < 1.29 is 19.4 Å². The first-order valence-corrected chi connectivity index (χ1v) is 7.02. The second-order valence-electron chi connectivity index (χ2n) is 6.15. The van der Waals surface area contributed by atoms with Gasteiger partial charge in [-0.05, 0) is 18.3 Å². The summed E-state index contributed by atoms with van der Waals surface area (Å²) in [7, 11) is 0. The van der Waals surface area contributed by atoms with Crippen LogP contribution in [0.5, 0.6) is 0 Å². The maximum Gasteiger partial charge on any atom is 0.307 e. The van der Waals surface area contributed by atoms with Gasteiger partial charge in [0, 0.05) is 19.7 Å². The maximum absolute atomic E-state index is 12.5. The van der Waals surface area contributed by atoms with Crippen molar-refractivity contribution in [3.8, 4) is 0 Å². The van der Waals surface area contributed by atoms with E-state index >= 15 is 0 Å². The number of nitrogens with zero attached hydrogens (tertiary/aromatic N) is 1. The van der Waals surface area contributed by atoms with E-state index in [-0.39, 0.29) is 17.9 Å². The number of hydrogen-bond acceptors (Lipinski definition) is 3. The summed E-state index contributed by atoms with van der Waals surface area (Å²) in [5.74, 6) is -1.78. The number of hydrogen-bond donors (Lipinski definition) is 1. The molecule has 0 aromatic heterocycles. The molecule has 0 bridgehead atoms. The van der Waals surface area contributed by atoms with E-state index in [0.29, 0.717) is 19.7 Å². The molecule has 0 aromatic carbocycles. The highest BCUT2D eigenvalue weighted by molar-refractivity contribution is 5.91. The molecule has 1 aliphatic carbocycles. The Morgan fingerprint density at radius 2 is 2.05 bits per heavy atom. The third-order valence-electron chi connectivity index (χ3n) is 4.48. The molecule has 0 aromatic rings. The second-order valence-corrected chi connectivity index (χ2v) is 6.15. The summed E-state index contributed by atoms with van der Waals surface area (Å²) >= 11 is 0. The summed E-state index contributed by atoms with van der Waals surface area (Å²) in [6.45, 7) is 7.71. The number of ether oxygens (including phenoxy) is 1. The molecule has 1 N–H and O–H groups in total. The Balaban J connectivity index is 2.05. The van der Waals surface area contributed by atoms with Gasteiger partial charge in [0.25, 0.3) is 0 Å². The van der Waals surface area contributed by atoms with Crippen LogP contribution in [0.4, 0.5) is 0 Å². The molecule has 1 amide bonds. The van der Waals surface area contributed by atoms with Crippen LogP contribution in [-0.2, 0) is 14.3 Å². The summed E-state index contributed by atoms with van der Waals surface area (Å²) in [5, 5.41) is 9.16. The van der Waals surface area contributed by atoms with E-state index in [2.05, 4.69) is 0 Å². The van der Waals surface area contributed by atoms with Gasteiger partial charge in [-0.1, -0.05) is 20.8 Å². The van der Waals surface area contributed by atoms with Crippen LogP contribution < -0.4 is 0 Å². The lowest BCUT2D eigenvalue weighted by atomic mass is 10.1. The van der Waals surface area contributed by atoms with Crippen LogP contribution in [0, 0.1) is 17.3 Å². The topological polar surface area (TPSA) is 66.8 Å². The number of amides is 1. The van der Waals surface area contributed by atoms with Crippen LogP contribution >= 0.6 is 0 Å². The molecule has 2 rings (SSSR count). The molecule has 3 atom stereocenters. The SMILES string of the molecule is CCC1CN(C(=O)C2C(C(=O)O)C2(C)C)CCCO1. The molecule has 1 heterocycles. The lowest BCUT2D eigenvalue weighted by Crippen LogP contribution is -2.38. The zero-order valence-electron chi connectivity index (χ0n) is 11.9. The fourth-order valence-electron chi connectivity index (χ4n) is 3.10. The number of carbonyl (C=O) groups excluding carboxylic acids is 1. The Bertz CT molecular complexity index is 380. The van der Waals surface area contributed by atoms with Gasteiger partial charge in [-0.2, -0.15) is 0 Å². The Morgan fingerprint density at radius 3 is 2.58 bits per heavy atom. The summed E-state index contributed by atoms with van der Waals surface area (Å²) in [4.78, 5) is 25.5. The number of rotatable bonds is 3. The normalized spacial score (nSPS) is 33.6. The van der Waals surface area contributed by atoms with Gasteiger partial charge in [-0.3, -0.25) is 9.59 Å². The molecular formula is C14H23NO4. The third-order valence-corrected chi connectivity index (χ3v) is 4.48. The summed E-state index contributed by atoms with van der Waals surface area (Å²) in [6, 6.07) is 0. The average molecular weight is 269 g/mol. The highest BCUT2D eigenvalue weighted by Gasteiger charge is 2.66. The highest BCUT2D eigenvalue weighted by atomic mass is 16.5. The fourth-order valence-corrected chi connectivity index (χ4v) is 3.10. The van der Waals surface area contributed by atoms with E-state index in [1.165, 1.54) is 0 Å². The zero-order valence-corrected chi connectivity index (χ0v) is 11.9. The predicted molar refractivity (Wildman–Crippen MR) is 69.6 cm³/mol. The molecule has 2 fully saturated rings. The van der Waals surface area contributed by atoms with E-state index in [1.807, 2.05) is 20.8 Å². The smallest absolute Gasteiger partial charge is 0.307 e. The summed E-state index contributed by atoms with van der Waals surface area (Å²) < 4.78 is 5.65. The molecular weight excluding hydrogens is 246 g/mol. The molecule has 1 aliphatic heterocycles. The van der Waals surface area contributed by atoms with Gasteiger partial charge in [-0.25, -0.2) is 0 Å². The third kappa shape index (κ3) is 2.61. The molecule has 3 unspecified atom stereocenters. The first kappa shape index (κ1) is 14.3. The number of carbonyl (C=O) groups is 2. The number of carboxylic acid groups (broad SMARTS) is 1. The van der Waals surface area contributed by atoms with Crippen molar-refractivity contribution in [1.29, 1.82) is 0 Å². The molecule has 1 saturated heterocycles. The minimum Gasteiger partial charge on any atom is -0.481 e. The first-order valence-electron chi connectivity index (χ1n) is 7.02. The molecule has 5 heteroatoms. The first-order chi connectivity index (χ1) is 8.89. The minimum atomic E-state index is -0.860. The minimum absolute atomic E-state index is 0.0126. The average Bonchev–Trinajstić information content (AvgIpc) is 3.00. The molecule has 2 aliphatic rings. The molecule has 1 saturated carbocycles. The van der Waals surface area contributed by atoms with Crippen molar-refractivity contribution in [3.63, 3.8) is 0 Å². The van der Waals surface area contributed by atoms with Crippen LogP contribution in [-0.4, -0.2) is 47.7 Å². The fraction of sp³-hybridized carbons (Fsp3) is 0.857. The lowest BCUT2D eigenvalue weighted by molar-refractivity contribution is -0.142. The Hall–Kier alpha value is -1.10. The summed E-state index contributed by atoms with van der Waals surface area (Å²) in [5.41, 5.74) is -0.419. The van der Waals surface area contributed by atoms with Crippen molar-refractivity contribution in [1.82, 2.24) is 4.90 Å². The maximum atomic E-state index is 12.5. The lowest BCUT2D eigenvalue weighted by Gasteiger charge is -2.24. The van der Waals surface area contributed by atoms with Gasteiger partial charge < -0.3 is 14.7 Å². The van der Waals surface area contributed by atoms with Gasteiger partial charge in [0.15, 0.2) is 0 Å². The zero-order chi connectivity index (χ0) is 14.2. The number of carboxylic acids is 1. The van der Waals surface area contributed by atoms with Gasteiger partial charge >= 0.3 is 5.97 Å². The highest BCUT2D eigenvalue weighted by Crippen LogP contribution is 2.59. The van der Waals surface area contributed by atoms with E-state index in [0.717, 1.165) is 12.8 Å². The standard InChI is InChI=1S/C14H23NO4/c1-4-9-8-15(6-5-7-19-9)12(16)10-11(13(17)18)14(10,2)3/h9-11H,4-8H2,1-3H3,(H,17,18). The monoisotopic (exact) mass is 269 g/mol. The van der Waals surface area contributed by atoms with Crippen molar-refractivity contribution in [2.45, 2.75) is 39.7 Å². The van der Waals surface area contributed by atoms with Crippen LogP contribution in [0.2, 0.25) is 0 Å². The van der Waals surface area contributed by atoms with Crippen molar-refractivity contribution in [3.05, 3.63) is 0 Å². The van der Waals surface area contributed by atoms with Crippen molar-refractivity contribution in [2.75, 3.05) is 19.7 Å². The van der Waals surface area contributed by atoms with E-state index in [1.54, 1.807) is 4.90 Å². The second kappa shape index (κ2) is 5.12. The van der Waals surface area contributed by atoms with Crippen molar-refractivity contribution >= 4 is 11.9 Å². The van der Waals surface area contributed by atoms with Crippen LogP contribution in [0.3, 0.4) is 0 Å². The summed E-state index contributed by atoms with van der Waals surface area (Å²) in [6.07, 6.45) is 1.78. The van der Waals surface area contributed by atoms with Crippen molar-refractivity contribution in [2.24, 2.45) is 17.3 Å². The van der Waals surface area contributed by atoms with E-state index < -0.39 is 17.3 Å². The van der Waals surface area contributed by atoms with Crippen LogP contribution in [0.1, 0.15) is 33.6 Å². The van der Waals surface area contributed by atoms with Gasteiger partial charge in [0.05, 0.1) is 17.9 Å². The molecule has 0 radical (unpaired) electrons.